The zero-order valence-electron chi connectivity index (χ0n) is 16.4. The molecule has 3 aromatic rings. The van der Waals surface area contributed by atoms with E-state index in [-0.39, 0.29) is 17.4 Å². The molecule has 146 valence electrons. The number of likely N-dealkylation sites (N-methyl/N-ethyl adjacent to an activating group) is 1. The molecule has 0 aliphatic carbocycles. The van der Waals surface area contributed by atoms with E-state index in [1.165, 1.54) is 6.26 Å². The Hall–Kier alpha value is -3.28. The Labute approximate surface area is 164 Å². The molecule has 2 aromatic heterocycles. The quantitative estimate of drug-likeness (QED) is 0.633. The molecule has 3 rings (SSSR count). The molecule has 2 heterocycles. The molecule has 0 spiro atoms. The number of hydrogen-bond donors (Lipinski definition) is 1. The summed E-state index contributed by atoms with van der Waals surface area (Å²) in [6.07, 6.45) is 5.18. The number of nitrogens with one attached hydrogen (secondary N) is 1. The smallest absolute Gasteiger partial charge is 0.291 e. The lowest BCUT2D eigenvalue weighted by Gasteiger charge is -2.20. The van der Waals surface area contributed by atoms with Crippen LogP contribution in [0.1, 0.15) is 36.9 Å². The molecule has 0 saturated carbocycles. The fourth-order valence-corrected chi connectivity index (χ4v) is 3.23. The molecular formula is C22H25N3O3. The summed E-state index contributed by atoms with van der Waals surface area (Å²) in [5.74, 6) is -0.511. The van der Waals surface area contributed by atoms with Gasteiger partial charge in [0, 0.05) is 42.3 Å². The Bertz CT molecular complexity index is 995. The Morgan fingerprint density at radius 3 is 2.50 bits per heavy atom. The lowest BCUT2D eigenvalue weighted by Crippen LogP contribution is -2.38. The summed E-state index contributed by atoms with van der Waals surface area (Å²) < 4.78 is 7.28. The monoisotopic (exact) mass is 379 g/mol. The number of para-hydroxylation sites is 1. The predicted molar refractivity (Wildman–Crippen MR) is 110 cm³/mol. The van der Waals surface area contributed by atoms with Gasteiger partial charge >= 0.3 is 0 Å². The minimum atomic E-state index is -0.448. The van der Waals surface area contributed by atoms with Gasteiger partial charge in [-0.3, -0.25) is 9.59 Å². The number of aromatic nitrogens is 1. The van der Waals surface area contributed by atoms with Crippen LogP contribution in [0.15, 0.2) is 59.0 Å². The predicted octanol–water partition coefficient (Wildman–Crippen LogP) is 3.89. The van der Waals surface area contributed by atoms with Crippen molar-refractivity contribution in [2.24, 2.45) is 0 Å². The van der Waals surface area contributed by atoms with Gasteiger partial charge in [-0.1, -0.05) is 18.2 Å². The summed E-state index contributed by atoms with van der Waals surface area (Å²) in [6.45, 7) is 7.82. The molecule has 6 nitrogen and oxygen atoms in total. The first-order valence-corrected chi connectivity index (χ1v) is 9.52. The second-order valence-electron chi connectivity index (χ2n) is 6.35. The largest absolute Gasteiger partial charge is 0.459 e. The van der Waals surface area contributed by atoms with Crippen LogP contribution >= 0.6 is 0 Å². The first kappa shape index (κ1) is 19.5. The minimum Gasteiger partial charge on any atom is -0.459 e. The Morgan fingerprint density at radius 2 is 1.86 bits per heavy atom. The van der Waals surface area contributed by atoms with E-state index >= 15 is 0 Å². The number of hydrogen-bond acceptors (Lipinski definition) is 3. The number of fused-ring (bicyclic) bond motifs is 1. The van der Waals surface area contributed by atoms with Crippen LogP contribution < -0.4 is 5.32 Å². The van der Waals surface area contributed by atoms with E-state index in [0.717, 1.165) is 23.0 Å². The highest BCUT2D eigenvalue weighted by molar-refractivity contribution is 6.05. The molecule has 28 heavy (non-hydrogen) atoms. The van der Waals surface area contributed by atoms with Crippen LogP contribution in [-0.2, 0) is 11.3 Å². The van der Waals surface area contributed by atoms with Crippen molar-refractivity contribution in [3.63, 3.8) is 0 Å². The summed E-state index contributed by atoms with van der Waals surface area (Å²) in [5.41, 5.74) is 2.19. The van der Waals surface area contributed by atoms with Gasteiger partial charge in [0.25, 0.3) is 11.8 Å². The van der Waals surface area contributed by atoms with Crippen molar-refractivity contribution in [1.82, 2.24) is 14.8 Å². The molecule has 0 radical (unpaired) electrons. The van der Waals surface area contributed by atoms with Crippen LogP contribution in [0.3, 0.4) is 0 Å². The van der Waals surface area contributed by atoms with Gasteiger partial charge in [0.1, 0.15) is 5.70 Å². The number of furan rings is 1. The SMILES string of the molecule is CCN(CC)C(=O)C(=Cc1cn(CC)c2ccccc12)NC(=O)c1ccco1. The highest BCUT2D eigenvalue weighted by Gasteiger charge is 2.20. The molecule has 0 unspecified atom stereocenters. The molecule has 0 aliphatic heterocycles. The zero-order chi connectivity index (χ0) is 20.1. The van der Waals surface area contributed by atoms with Crippen LogP contribution in [0.5, 0.6) is 0 Å². The van der Waals surface area contributed by atoms with E-state index < -0.39 is 5.91 Å². The van der Waals surface area contributed by atoms with Crippen molar-refractivity contribution < 1.29 is 14.0 Å². The Balaban J connectivity index is 2.05. The highest BCUT2D eigenvalue weighted by atomic mass is 16.3. The summed E-state index contributed by atoms with van der Waals surface area (Å²) >= 11 is 0. The first-order chi connectivity index (χ1) is 13.6. The molecule has 0 bridgehead atoms. The van der Waals surface area contributed by atoms with Gasteiger partial charge in [-0.05, 0) is 45.0 Å². The van der Waals surface area contributed by atoms with Crippen molar-refractivity contribution in [1.29, 1.82) is 0 Å². The average molecular weight is 379 g/mol. The molecule has 6 heteroatoms. The van der Waals surface area contributed by atoms with Gasteiger partial charge in [0.05, 0.1) is 6.26 Å². The third-order valence-electron chi connectivity index (χ3n) is 4.73. The number of benzene rings is 1. The standard InChI is InChI=1S/C22H25N3O3/c1-4-24(5-2)22(27)18(23-21(26)20-12-9-13-28-20)14-16-15-25(6-3)19-11-8-7-10-17(16)19/h7-15H,4-6H2,1-3H3,(H,23,26). The van der Waals surface area contributed by atoms with Gasteiger partial charge in [-0.15, -0.1) is 0 Å². The molecule has 1 aromatic carbocycles. The lowest BCUT2D eigenvalue weighted by molar-refractivity contribution is -0.127. The van der Waals surface area contributed by atoms with Crippen molar-refractivity contribution in [2.45, 2.75) is 27.3 Å². The number of aryl methyl sites for hydroxylation is 1. The molecule has 1 N–H and O–H groups in total. The molecule has 0 saturated heterocycles. The third-order valence-corrected chi connectivity index (χ3v) is 4.73. The summed E-state index contributed by atoms with van der Waals surface area (Å²) in [7, 11) is 0. The number of rotatable bonds is 7. The normalized spacial score (nSPS) is 11.6. The minimum absolute atomic E-state index is 0.161. The second kappa shape index (κ2) is 8.61. The fraction of sp³-hybridized carbons (Fsp3) is 0.273. The number of nitrogens with zero attached hydrogens (tertiary/aromatic N) is 2. The zero-order valence-corrected chi connectivity index (χ0v) is 16.4. The summed E-state index contributed by atoms with van der Waals surface area (Å²) in [5, 5.41) is 3.77. The van der Waals surface area contributed by atoms with Crippen LogP contribution in [-0.4, -0.2) is 34.4 Å². The molecule has 0 atom stereocenters. The molecule has 0 fully saturated rings. The summed E-state index contributed by atoms with van der Waals surface area (Å²) in [6, 6.07) is 11.2. The van der Waals surface area contributed by atoms with E-state index in [4.69, 9.17) is 4.42 Å². The highest BCUT2D eigenvalue weighted by Crippen LogP contribution is 2.23. The van der Waals surface area contributed by atoms with Crippen molar-refractivity contribution in [3.8, 4) is 0 Å². The Morgan fingerprint density at radius 1 is 1.11 bits per heavy atom. The number of carbonyl (C=O) groups is 2. The summed E-state index contributed by atoms with van der Waals surface area (Å²) in [4.78, 5) is 27.2. The van der Waals surface area contributed by atoms with E-state index in [1.54, 1.807) is 23.1 Å². The van der Waals surface area contributed by atoms with Crippen LogP contribution in [0.2, 0.25) is 0 Å². The maximum atomic E-state index is 13.0. The van der Waals surface area contributed by atoms with Crippen molar-refractivity contribution >= 4 is 28.8 Å². The first-order valence-electron chi connectivity index (χ1n) is 9.52. The maximum absolute atomic E-state index is 13.0. The fourth-order valence-electron chi connectivity index (χ4n) is 3.23. The molecule has 0 aliphatic rings. The van der Waals surface area contributed by atoms with Gasteiger partial charge in [-0.2, -0.15) is 0 Å². The van der Waals surface area contributed by atoms with Crippen molar-refractivity contribution in [3.05, 3.63) is 65.9 Å². The van der Waals surface area contributed by atoms with E-state index in [2.05, 4.69) is 16.8 Å². The third kappa shape index (κ3) is 3.86. The van der Waals surface area contributed by atoms with E-state index in [9.17, 15) is 9.59 Å². The lowest BCUT2D eigenvalue weighted by atomic mass is 10.1. The van der Waals surface area contributed by atoms with Gasteiger partial charge in [0.2, 0.25) is 0 Å². The average Bonchev–Trinajstić information content (AvgIpc) is 3.37. The van der Waals surface area contributed by atoms with Crippen LogP contribution in [0.25, 0.3) is 17.0 Å². The van der Waals surface area contributed by atoms with Gasteiger partial charge in [0.15, 0.2) is 5.76 Å². The van der Waals surface area contributed by atoms with Gasteiger partial charge in [-0.25, -0.2) is 0 Å². The van der Waals surface area contributed by atoms with Gasteiger partial charge < -0.3 is 19.2 Å². The van der Waals surface area contributed by atoms with E-state index in [1.807, 2.05) is 44.3 Å². The number of carbonyl (C=O) groups excluding carboxylic acids is 2. The van der Waals surface area contributed by atoms with Crippen molar-refractivity contribution in [2.75, 3.05) is 13.1 Å². The van der Waals surface area contributed by atoms with Crippen LogP contribution in [0.4, 0.5) is 0 Å². The molecular weight excluding hydrogens is 354 g/mol. The molecule has 2 amide bonds. The second-order valence-corrected chi connectivity index (χ2v) is 6.35. The Kier molecular flexibility index (Phi) is 5.99. The topological polar surface area (TPSA) is 67.5 Å². The maximum Gasteiger partial charge on any atom is 0.291 e. The number of amides is 2. The van der Waals surface area contributed by atoms with Crippen LogP contribution in [0, 0.1) is 0 Å². The van der Waals surface area contributed by atoms with E-state index in [0.29, 0.717) is 13.1 Å².